The summed E-state index contributed by atoms with van der Waals surface area (Å²) in [6.07, 6.45) is 0. The van der Waals surface area contributed by atoms with Gasteiger partial charge in [-0.15, -0.1) is 0 Å². The molecule has 0 aliphatic rings. The van der Waals surface area contributed by atoms with E-state index in [2.05, 4.69) is 31.5 Å². The fourth-order valence-electron chi connectivity index (χ4n) is 0.935. The summed E-state index contributed by atoms with van der Waals surface area (Å²) in [6.45, 7) is 4.33. The Bertz CT molecular complexity index is 341. The minimum Gasteiger partial charge on any atom is -0.338 e. The zero-order valence-electron chi connectivity index (χ0n) is 8.10. The number of nitrogens with one attached hydrogen (secondary N) is 2. The van der Waals surface area contributed by atoms with Crippen molar-refractivity contribution in [2.24, 2.45) is 0 Å². The summed E-state index contributed by atoms with van der Waals surface area (Å²) in [5.74, 6) is 0.552. The highest BCUT2D eigenvalue weighted by Crippen LogP contribution is 2.15. The molecule has 0 aliphatic heterocycles. The van der Waals surface area contributed by atoms with E-state index < -0.39 is 0 Å². The number of amides is 2. The molecule has 14 heavy (non-hydrogen) atoms. The molecule has 76 valence electrons. The van der Waals surface area contributed by atoms with E-state index >= 15 is 0 Å². The van der Waals surface area contributed by atoms with Crippen LogP contribution in [0.3, 0.4) is 0 Å². The molecule has 0 unspecified atom stereocenters. The average molecular weight is 258 g/mol. The summed E-state index contributed by atoms with van der Waals surface area (Å²) in [7, 11) is 0. The predicted molar refractivity (Wildman–Crippen MR) is 59.4 cm³/mol. The Labute approximate surface area is 91.2 Å². The van der Waals surface area contributed by atoms with Crippen molar-refractivity contribution in [2.75, 3.05) is 11.9 Å². The second-order valence-corrected chi connectivity index (χ2v) is 3.60. The van der Waals surface area contributed by atoms with Crippen molar-refractivity contribution in [3.8, 4) is 0 Å². The predicted octanol–water partition coefficient (Wildman–Crippen LogP) is 2.29. The van der Waals surface area contributed by atoms with E-state index in [1.165, 1.54) is 0 Å². The second-order valence-electron chi connectivity index (χ2n) is 2.75. The lowest BCUT2D eigenvalue weighted by Crippen LogP contribution is -2.28. The van der Waals surface area contributed by atoms with Crippen LogP contribution < -0.4 is 10.6 Å². The van der Waals surface area contributed by atoms with Crippen molar-refractivity contribution >= 4 is 27.8 Å². The van der Waals surface area contributed by atoms with E-state index in [0.29, 0.717) is 12.4 Å². The zero-order valence-corrected chi connectivity index (χ0v) is 9.68. The van der Waals surface area contributed by atoms with Gasteiger partial charge in [0.25, 0.3) is 0 Å². The molecule has 0 saturated heterocycles. The molecule has 0 radical (unpaired) electrons. The second kappa shape index (κ2) is 4.95. The highest BCUT2D eigenvalue weighted by atomic mass is 79.9. The molecule has 1 aromatic rings. The molecular weight excluding hydrogens is 246 g/mol. The SMILES string of the molecule is CCNC(=O)Nc1ccc(Br)c(C)n1. The van der Waals surface area contributed by atoms with Crippen LogP contribution >= 0.6 is 15.9 Å². The number of carbonyl (C=O) groups is 1. The number of urea groups is 1. The molecule has 1 aromatic heterocycles. The van der Waals surface area contributed by atoms with E-state index in [-0.39, 0.29) is 6.03 Å². The highest BCUT2D eigenvalue weighted by Gasteiger charge is 2.02. The molecule has 4 nitrogen and oxygen atoms in total. The van der Waals surface area contributed by atoms with E-state index in [0.717, 1.165) is 10.2 Å². The van der Waals surface area contributed by atoms with E-state index in [1.54, 1.807) is 6.07 Å². The lowest BCUT2D eigenvalue weighted by molar-refractivity contribution is 0.252. The number of hydrogen-bond donors (Lipinski definition) is 2. The molecule has 2 amide bonds. The first-order valence-corrected chi connectivity index (χ1v) is 5.10. The Morgan fingerprint density at radius 1 is 1.57 bits per heavy atom. The van der Waals surface area contributed by atoms with Crippen molar-refractivity contribution < 1.29 is 4.79 Å². The summed E-state index contributed by atoms with van der Waals surface area (Å²) in [5, 5.41) is 5.26. The molecule has 2 N–H and O–H groups in total. The first kappa shape index (κ1) is 11.0. The monoisotopic (exact) mass is 257 g/mol. The first-order chi connectivity index (χ1) is 6.63. The van der Waals surface area contributed by atoms with Crippen LogP contribution in [0.15, 0.2) is 16.6 Å². The largest absolute Gasteiger partial charge is 0.338 e. The lowest BCUT2D eigenvalue weighted by Gasteiger charge is -2.06. The van der Waals surface area contributed by atoms with Crippen molar-refractivity contribution in [1.29, 1.82) is 0 Å². The molecular formula is C9H12BrN3O. The third kappa shape index (κ3) is 2.99. The molecule has 0 fully saturated rings. The number of rotatable bonds is 2. The number of aryl methyl sites for hydroxylation is 1. The summed E-state index contributed by atoms with van der Waals surface area (Å²) in [4.78, 5) is 15.3. The fourth-order valence-corrected chi connectivity index (χ4v) is 1.16. The van der Waals surface area contributed by atoms with Crippen molar-refractivity contribution in [3.63, 3.8) is 0 Å². The average Bonchev–Trinajstić information content (AvgIpc) is 2.12. The standard InChI is InChI=1S/C9H12BrN3O/c1-3-11-9(14)13-8-5-4-7(10)6(2)12-8/h4-5H,3H2,1-2H3,(H2,11,12,13,14). The quantitative estimate of drug-likeness (QED) is 0.855. The normalized spacial score (nSPS) is 9.64. The maximum Gasteiger partial charge on any atom is 0.320 e. The summed E-state index contributed by atoms with van der Waals surface area (Å²) in [5.41, 5.74) is 0.847. The van der Waals surface area contributed by atoms with Crippen LogP contribution in [-0.4, -0.2) is 17.6 Å². The van der Waals surface area contributed by atoms with Gasteiger partial charge >= 0.3 is 6.03 Å². The third-order valence-corrected chi connectivity index (χ3v) is 2.44. The van der Waals surface area contributed by atoms with Gasteiger partial charge < -0.3 is 5.32 Å². The minimum atomic E-state index is -0.235. The van der Waals surface area contributed by atoms with Crippen LogP contribution in [-0.2, 0) is 0 Å². The summed E-state index contributed by atoms with van der Waals surface area (Å²) >= 11 is 3.34. The third-order valence-electron chi connectivity index (χ3n) is 1.60. The Kier molecular flexibility index (Phi) is 3.88. The van der Waals surface area contributed by atoms with Gasteiger partial charge in [0.05, 0.1) is 5.69 Å². The van der Waals surface area contributed by atoms with Gasteiger partial charge in [-0.3, -0.25) is 5.32 Å². The molecule has 0 saturated carbocycles. The van der Waals surface area contributed by atoms with Crippen LogP contribution in [0.1, 0.15) is 12.6 Å². The molecule has 0 aliphatic carbocycles. The Hall–Kier alpha value is -1.10. The van der Waals surface area contributed by atoms with Gasteiger partial charge in [-0.2, -0.15) is 0 Å². The molecule has 0 aromatic carbocycles. The van der Waals surface area contributed by atoms with Crippen molar-refractivity contribution in [2.45, 2.75) is 13.8 Å². The van der Waals surface area contributed by atoms with Crippen molar-refractivity contribution in [3.05, 3.63) is 22.3 Å². The van der Waals surface area contributed by atoms with Crippen molar-refractivity contribution in [1.82, 2.24) is 10.3 Å². The number of hydrogen-bond acceptors (Lipinski definition) is 2. The molecule has 0 spiro atoms. The van der Waals surface area contributed by atoms with Gasteiger partial charge in [0.15, 0.2) is 0 Å². The minimum absolute atomic E-state index is 0.235. The van der Waals surface area contributed by atoms with Crippen LogP contribution in [0.2, 0.25) is 0 Å². The maximum absolute atomic E-state index is 11.1. The smallest absolute Gasteiger partial charge is 0.320 e. The molecule has 0 bridgehead atoms. The number of pyridine rings is 1. The lowest BCUT2D eigenvalue weighted by atomic mass is 10.4. The topological polar surface area (TPSA) is 54.0 Å². The van der Waals surface area contributed by atoms with Crippen LogP contribution in [0.4, 0.5) is 10.6 Å². The number of nitrogens with zero attached hydrogens (tertiary/aromatic N) is 1. The van der Waals surface area contributed by atoms with Crippen LogP contribution in [0, 0.1) is 6.92 Å². The zero-order chi connectivity index (χ0) is 10.6. The van der Waals surface area contributed by atoms with Gasteiger partial charge in [0.1, 0.15) is 5.82 Å². The number of aromatic nitrogens is 1. The first-order valence-electron chi connectivity index (χ1n) is 4.31. The Balaban J connectivity index is 2.68. The van der Waals surface area contributed by atoms with Crippen LogP contribution in [0.5, 0.6) is 0 Å². The van der Waals surface area contributed by atoms with E-state index in [9.17, 15) is 4.79 Å². The highest BCUT2D eigenvalue weighted by molar-refractivity contribution is 9.10. The fraction of sp³-hybridized carbons (Fsp3) is 0.333. The van der Waals surface area contributed by atoms with Gasteiger partial charge in [0, 0.05) is 11.0 Å². The summed E-state index contributed by atoms with van der Waals surface area (Å²) in [6, 6.07) is 3.36. The van der Waals surface area contributed by atoms with Crippen LogP contribution in [0.25, 0.3) is 0 Å². The maximum atomic E-state index is 11.1. The number of anilines is 1. The van der Waals surface area contributed by atoms with Gasteiger partial charge in [-0.05, 0) is 41.9 Å². The number of halogens is 1. The Morgan fingerprint density at radius 2 is 2.29 bits per heavy atom. The van der Waals surface area contributed by atoms with Gasteiger partial charge in [-0.1, -0.05) is 0 Å². The summed E-state index contributed by atoms with van der Waals surface area (Å²) < 4.78 is 0.930. The molecule has 0 atom stereocenters. The van der Waals surface area contributed by atoms with Gasteiger partial charge in [-0.25, -0.2) is 9.78 Å². The van der Waals surface area contributed by atoms with E-state index in [1.807, 2.05) is 19.9 Å². The molecule has 1 rings (SSSR count). The Morgan fingerprint density at radius 3 is 2.86 bits per heavy atom. The molecule has 1 heterocycles. The molecule has 5 heteroatoms. The number of carbonyl (C=O) groups excluding carboxylic acids is 1. The van der Waals surface area contributed by atoms with E-state index in [4.69, 9.17) is 0 Å². The van der Waals surface area contributed by atoms with Gasteiger partial charge in [0.2, 0.25) is 0 Å².